The van der Waals surface area contributed by atoms with E-state index in [9.17, 15) is 9.59 Å². The molecule has 2 aliphatic heterocycles. The van der Waals surface area contributed by atoms with Gasteiger partial charge in [0.1, 0.15) is 17.1 Å². The van der Waals surface area contributed by atoms with E-state index in [-0.39, 0.29) is 18.3 Å². The topological polar surface area (TPSA) is 55.8 Å². The SMILES string of the molecule is Cc1cc(OCC(=O)N2CCC3(CC2)CC(=O)c2cc(Cl)cc(C)c2O3)cc(C)c1Cl. The van der Waals surface area contributed by atoms with Gasteiger partial charge in [0, 0.05) is 36.0 Å². The Balaban J connectivity index is 1.38. The molecule has 1 fully saturated rings. The quantitative estimate of drug-likeness (QED) is 0.619. The van der Waals surface area contributed by atoms with Crippen LogP contribution in [-0.4, -0.2) is 41.9 Å². The average Bonchev–Trinajstić information content (AvgIpc) is 2.72. The van der Waals surface area contributed by atoms with E-state index in [1.165, 1.54) is 0 Å². The molecule has 0 bridgehead atoms. The number of ketones is 1. The van der Waals surface area contributed by atoms with Crippen molar-refractivity contribution in [3.63, 3.8) is 0 Å². The Kier molecular flexibility index (Phi) is 5.93. The molecule has 0 unspecified atom stereocenters. The highest BCUT2D eigenvalue weighted by molar-refractivity contribution is 6.32. The van der Waals surface area contributed by atoms with E-state index in [1.807, 2.05) is 39.0 Å². The minimum absolute atomic E-state index is 0.0340. The third kappa shape index (κ3) is 4.39. The number of ether oxygens (including phenoxy) is 2. The van der Waals surface area contributed by atoms with E-state index in [1.54, 1.807) is 11.0 Å². The molecule has 164 valence electrons. The van der Waals surface area contributed by atoms with Crippen LogP contribution < -0.4 is 9.47 Å². The first kappa shape index (κ1) is 22.0. The van der Waals surface area contributed by atoms with Gasteiger partial charge < -0.3 is 14.4 Å². The van der Waals surface area contributed by atoms with Crippen LogP contribution in [0, 0.1) is 20.8 Å². The Morgan fingerprint density at radius 2 is 1.71 bits per heavy atom. The summed E-state index contributed by atoms with van der Waals surface area (Å²) in [5.41, 5.74) is 2.68. The third-order valence-corrected chi connectivity index (χ3v) is 6.96. The zero-order valence-corrected chi connectivity index (χ0v) is 19.4. The number of hydrogen-bond acceptors (Lipinski definition) is 4. The molecule has 1 spiro atoms. The van der Waals surface area contributed by atoms with E-state index >= 15 is 0 Å². The maximum atomic E-state index is 12.8. The molecule has 7 heteroatoms. The molecular formula is C24H25Cl2NO4. The van der Waals surface area contributed by atoms with Crippen LogP contribution in [0.3, 0.4) is 0 Å². The molecule has 0 saturated carbocycles. The average molecular weight is 462 g/mol. The number of piperidine rings is 1. The van der Waals surface area contributed by atoms with Crippen molar-refractivity contribution in [2.45, 2.75) is 45.6 Å². The van der Waals surface area contributed by atoms with Crippen molar-refractivity contribution in [3.8, 4) is 11.5 Å². The largest absolute Gasteiger partial charge is 0.486 e. The Morgan fingerprint density at radius 1 is 1.06 bits per heavy atom. The number of nitrogens with zero attached hydrogens (tertiary/aromatic N) is 1. The van der Waals surface area contributed by atoms with Gasteiger partial charge >= 0.3 is 0 Å². The minimum atomic E-state index is -0.565. The van der Waals surface area contributed by atoms with Crippen molar-refractivity contribution < 1.29 is 19.1 Å². The van der Waals surface area contributed by atoms with Crippen molar-refractivity contribution in [2.75, 3.05) is 19.7 Å². The number of benzene rings is 2. The molecule has 2 aromatic rings. The lowest BCUT2D eigenvalue weighted by atomic mass is 9.82. The number of Topliss-reactive ketones (excluding diaryl/α,β-unsaturated/α-hetero) is 1. The number of rotatable bonds is 3. The van der Waals surface area contributed by atoms with Gasteiger partial charge in [-0.1, -0.05) is 23.2 Å². The zero-order chi connectivity index (χ0) is 22.3. The monoisotopic (exact) mass is 461 g/mol. The molecule has 0 N–H and O–H groups in total. The number of likely N-dealkylation sites (tertiary alicyclic amines) is 1. The second-order valence-electron chi connectivity index (χ2n) is 8.52. The molecule has 2 heterocycles. The van der Waals surface area contributed by atoms with E-state index < -0.39 is 5.60 Å². The Morgan fingerprint density at radius 3 is 2.35 bits per heavy atom. The van der Waals surface area contributed by atoms with Crippen molar-refractivity contribution in [1.82, 2.24) is 4.90 Å². The number of carbonyl (C=O) groups is 2. The van der Waals surface area contributed by atoms with Crippen LogP contribution in [0.1, 0.15) is 46.3 Å². The highest BCUT2D eigenvalue weighted by atomic mass is 35.5. The van der Waals surface area contributed by atoms with Crippen LogP contribution in [0.25, 0.3) is 0 Å². The standard InChI is InChI=1S/C24H25Cl2NO4/c1-14-9-18(10-15(2)22(14)26)30-13-21(29)27-6-4-24(5-7-27)12-20(28)19-11-17(25)8-16(3)23(19)31-24/h8-11H,4-7,12-13H2,1-3H3. The molecule has 2 aromatic carbocycles. The number of aryl methyl sites for hydroxylation is 3. The number of halogens is 2. The Labute approximate surface area is 192 Å². The summed E-state index contributed by atoms with van der Waals surface area (Å²) < 4.78 is 12.1. The summed E-state index contributed by atoms with van der Waals surface area (Å²) in [6.07, 6.45) is 1.51. The summed E-state index contributed by atoms with van der Waals surface area (Å²) in [5.74, 6) is 1.22. The van der Waals surface area contributed by atoms with Crippen LogP contribution in [0.2, 0.25) is 10.0 Å². The van der Waals surface area contributed by atoms with Crippen LogP contribution in [0.4, 0.5) is 0 Å². The van der Waals surface area contributed by atoms with E-state index in [4.69, 9.17) is 32.7 Å². The fraction of sp³-hybridized carbons (Fsp3) is 0.417. The molecular weight excluding hydrogens is 437 g/mol. The second-order valence-corrected chi connectivity index (χ2v) is 9.34. The smallest absolute Gasteiger partial charge is 0.260 e. The summed E-state index contributed by atoms with van der Waals surface area (Å²) in [4.78, 5) is 27.2. The number of amides is 1. The maximum absolute atomic E-state index is 12.8. The molecule has 0 radical (unpaired) electrons. The van der Waals surface area contributed by atoms with Gasteiger partial charge in [-0.05, 0) is 61.7 Å². The summed E-state index contributed by atoms with van der Waals surface area (Å²) >= 11 is 12.3. The van der Waals surface area contributed by atoms with Gasteiger partial charge in [-0.25, -0.2) is 0 Å². The van der Waals surface area contributed by atoms with Crippen molar-refractivity contribution in [2.24, 2.45) is 0 Å². The first-order valence-electron chi connectivity index (χ1n) is 10.4. The summed E-state index contributed by atoms with van der Waals surface area (Å²) in [7, 11) is 0. The van der Waals surface area contributed by atoms with Crippen LogP contribution >= 0.6 is 23.2 Å². The fourth-order valence-electron chi connectivity index (χ4n) is 4.38. The minimum Gasteiger partial charge on any atom is -0.486 e. The molecule has 31 heavy (non-hydrogen) atoms. The van der Waals surface area contributed by atoms with Crippen molar-refractivity contribution in [1.29, 1.82) is 0 Å². The van der Waals surface area contributed by atoms with Gasteiger partial charge in [-0.15, -0.1) is 0 Å². The number of fused-ring (bicyclic) bond motifs is 1. The highest BCUT2D eigenvalue weighted by Crippen LogP contribution is 2.42. The molecule has 1 amide bonds. The second kappa shape index (κ2) is 8.36. The van der Waals surface area contributed by atoms with Gasteiger partial charge in [0.2, 0.25) is 0 Å². The first-order chi connectivity index (χ1) is 14.7. The molecule has 4 rings (SSSR count). The Hall–Kier alpha value is -2.24. The van der Waals surface area contributed by atoms with Crippen LogP contribution in [-0.2, 0) is 4.79 Å². The van der Waals surface area contributed by atoms with Crippen molar-refractivity contribution >= 4 is 34.9 Å². The predicted molar refractivity (Wildman–Crippen MR) is 121 cm³/mol. The van der Waals surface area contributed by atoms with Crippen LogP contribution in [0.15, 0.2) is 24.3 Å². The normalized spacial score (nSPS) is 17.3. The maximum Gasteiger partial charge on any atom is 0.260 e. The first-order valence-corrected chi connectivity index (χ1v) is 11.1. The van der Waals surface area contributed by atoms with Gasteiger partial charge in [-0.3, -0.25) is 9.59 Å². The van der Waals surface area contributed by atoms with Crippen molar-refractivity contribution in [3.05, 3.63) is 56.6 Å². The predicted octanol–water partition coefficient (Wildman–Crippen LogP) is 5.32. The third-order valence-electron chi connectivity index (χ3n) is 6.14. The lowest BCUT2D eigenvalue weighted by Crippen LogP contribution is -2.53. The molecule has 0 atom stereocenters. The lowest BCUT2D eigenvalue weighted by Gasteiger charge is -2.44. The van der Waals surface area contributed by atoms with Gasteiger partial charge in [0.05, 0.1) is 12.0 Å². The van der Waals surface area contributed by atoms with E-state index in [0.29, 0.717) is 59.5 Å². The summed E-state index contributed by atoms with van der Waals surface area (Å²) in [6.45, 7) is 6.73. The van der Waals surface area contributed by atoms with Gasteiger partial charge in [-0.2, -0.15) is 0 Å². The Bertz CT molecular complexity index is 1030. The molecule has 0 aliphatic carbocycles. The highest BCUT2D eigenvalue weighted by Gasteiger charge is 2.44. The molecule has 2 aliphatic rings. The summed E-state index contributed by atoms with van der Waals surface area (Å²) in [6, 6.07) is 7.15. The van der Waals surface area contributed by atoms with E-state index in [2.05, 4.69) is 0 Å². The number of carbonyl (C=O) groups excluding carboxylic acids is 2. The molecule has 5 nitrogen and oxygen atoms in total. The van der Waals surface area contributed by atoms with Crippen LogP contribution in [0.5, 0.6) is 11.5 Å². The fourth-order valence-corrected chi connectivity index (χ4v) is 4.76. The lowest BCUT2D eigenvalue weighted by molar-refractivity contribution is -0.136. The van der Waals surface area contributed by atoms with Gasteiger partial charge in [0.15, 0.2) is 12.4 Å². The van der Waals surface area contributed by atoms with E-state index in [0.717, 1.165) is 16.7 Å². The van der Waals surface area contributed by atoms with Gasteiger partial charge in [0.25, 0.3) is 5.91 Å². The molecule has 0 aromatic heterocycles. The summed E-state index contributed by atoms with van der Waals surface area (Å²) in [5, 5.41) is 1.25. The zero-order valence-electron chi connectivity index (χ0n) is 17.9. The molecule has 1 saturated heterocycles. The number of hydrogen-bond donors (Lipinski definition) is 0.